The van der Waals surface area contributed by atoms with E-state index in [-0.39, 0.29) is 12.5 Å². The Morgan fingerprint density at radius 1 is 1.42 bits per heavy atom. The van der Waals surface area contributed by atoms with Crippen LogP contribution in [0.2, 0.25) is 0 Å². The fraction of sp³-hybridized carbons (Fsp3) is 0.500. The summed E-state index contributed by atoms with van der Waals surface area (Å²) < 4.78 is 10.7. The largest absolute Gasteiger partial charge is 0.497 e. The van der Waals surface area contributed by atoms with Gasteiger partial charge in [0.05, 0.1) is 26.2 Å². The lowest BCUT2D eigenvalue weighted by Gasteiger charge is -2.15. The fourth-order valence-electron chi connectivity index (χ4n) is 1.58. The summed E-state index contributed by atoms with van der Waals surface area (Å²) in [6.07, 6.45) is -0.339. The molecule has 1 atom stereocenters. The molecule has 0 fully saturated rings. The van der Waals surface area contributed by atoms with Crippen LogP contribution in [0.3, 0.4) is 0 Å². The standard InChI is InChI=1S/C14H21NO4/c1-10(16)12-6-5-11(18-4)9-13(12)19-8-7-14(17)15(2)3/h5-6,9-10,16H,7-8H2,1-4H3. The molecule has 1 aromatic carbocycles. The van der Waals surface area contributed by atoms with Crippen LogP contribution in [0.15, 0.2) is 18.2 Å². The van der Waals surface area contributed by atoms with Gasteiger partial charge in [0, 0.05) is 25.7 Å². The minimum atomic E-state index is -0.634. The predicted octanol–water partition coefficient (Wildman–Crippen LogP) is 1.61. The van der Waals surface area contributed by atoms with E-state index >= 15 is 0 Å². The van der Waals surface area contributed by atoms with Gasteiger partial charge in [-0.1, -0.05) is 0 Å². The molecule has 0 bridgehead atoms. The van der Waals surface area contributed by atoms with Crippen LogP contribution in [0, 0.1) is 0 Å². The monoisotopic (exact) mass is 267 g/mol. The SMILES string of the molecule is COc1ccc(C(C)O)c(OCCC(=O)N(C)C)c1. The van der Waals surface area contributed by atoms with Crippen molar-refractivity contribution in [1.82, 2.24) is 4.90 Å². The number of methoxy groups -OCH3 is 1. The maximum atomic E-state index is 11.4. The number of carbonyl (C=O) groups is 1. The molecule has 0 saturated heterocycles. The van der Waals surface area contributed by atoms with Crippen LogP contribution in [0.5, 0.6) is 11.5 Å². The Bertz CT molecular complexity index is 429. The Kier molecular flexibility index (Phi) is 5.63. The van der Waals surface area contributed by atoms with Gasteiger partial charge in [-0.05, 0) is 19.1 Å². The summed E-state index contributed by atoms with van der Waals surface area (Å²) >= 11 is 0. The van der Waals surface area contributed by atoms with Gasteiger partial charge in [0.15, 0.2) is 0 Å². The van der Waals surface area contributed by atoms with Gasteiger partial charge >= 0.3 is 0 Å². The quantitative estimate of drug-likeness (QED) is 0.850. The molecule has 5 heteroatoms. The van der Waals surface area contributed by atoms with E-state index in [1.54, 1.807) is 46.3 Å². The van der Waals surface area contributed by atoms with Crippen molar-refractivity contribution in [3.05, 3.63) is 23.8 Å². The summed E-state index contributed by atoms with van der Waals surface area (Å²) in [5.41, 5.74) is 0.679. The number of hydrogen-bond acceptors (Lipinski definition) is 4. The third kappa shape index (κ3) is 4.44. The van der Waals surface area contributed by atoms with Gasteiger partial charge in [-0.2, -0.15) is 0 Å². The molecular weight excluding hydrogens is 246 g/mol. The summed E-state index contributed by atoms with van der Waals surface area (Å²) in [6, 6.07) is 5.23. The van der Waals surface area contributed by atoms with Crippen molar-refractivity contribution in [2.75, 3.05) is 27.8 Å². The molecule has 0 aliphatic carbocycles. The van der Waals surface area contributed by atoms with Gasteiger partial charge < -0.3 is 19.5 Å². The number of ether oxygens (including phenoxy) is 2. The summed E-state index contributed by atoms with van der Waals surface area (Å²) in [6.45, 7) is 1.93. The fourth-order valence-corrected chi connectivity index (χ4v) is 1.58. The van der Waals surface area contributed by atoms with Crippen LogP contribution < -0.4 is 9.47 Å². The molecule has 5 nitrogen and oxygen atoms in total. The number of rotatable bonds is 6. The lowest BCUT2D eigenvalue weighted by atomic mass is 10.1. The first kappa shape index (κ1) is 15.3. The maximum absolute atomic E-state index is 11.4. The highest BCUT2D eigenvalue weighted by Crippen LogP contribution is 2.29. The predicted molar refractivity (Wildman–Crippen MR) is 72.4 cm³/mol. The number of nitrogens with zero attached hydrogens (tertiary/aromatic N) is 1. The average Bonchev–Trinajstić information content (AvgIpc) is 2.37. The van der Waals surface area contributed by atoms with Crippen molar-refractivity contribution >= 4 is 5.91 Å². The second-order valence-electron chi connectivity index (χ2n) is 4.47. The normalized spacial score (nSPS) is 11.8. The minimum absolute atomic E-state index is 0.00138. The third-order valence-electron chi connectivity index (χ3n) is 2.74. The first-order valence-electron chi connectivity index (χ1n) is 6.14. The molecule has 1 unspecified atom stereocenters. The molecule has 1 amide bonds. The van der Waals surface area contributed by atoms with Gasteiger partial charge in [-0.25, -0.2) is 0 Å². The third-order valence-corrected chi connectivity index (χ3v) is 2.74. The van der Waals surface area contributed by atoms with Gasteiger partial charge in [0.1, 0.15) is 11.5 Å². The van der Waals surface area contributed by atoms with E-state index in [0.717, 1.165) is 0 Å². The summed E-state index contributed by atoms with van der Waals surface area (Å²) in [7, 11) is 4.97. The van der Waals surface area contributed by atoms with Gasteiger partial charge in [0.2, 0.25) is 5.91 Å². The summed E-state index contributed by atoms with van der Waals surface area (Å²) in [5, 5.41) is 9.67. The zero-order valence-electron chi connectivity index (χ0n) is 11.8. The van der Waals surface area contributed by atoms with Crippen LogP contribution >= 0.6 is 0 Å². The van der Waals surface area contributed by atoms with E-state index in [0.29, 0.717) is 23.5 Å². The van der Waals surface area contributed by atoms with E-state index in [1.165, 1.54) is 4.90 Å². The van der Waals surface area contributed by atoms with Crippen molar-refractivity contribution < 1.29 is 19.4 Å². The summed E-state index contributed by atoms with van der Waals surface area (Å²) in [5.74, 6) is 1.20. The molecule has 106 valence electrons. The van der Waals surface area contributed by atoms with Crippen molar-refractivity contribution in [3.63, 3.8) is 0 Å². The Morgan fingerprint density at radius 2 is 2.11 bits per heavy atom. The molecule has 0 heterocycles. The van der Waals surface area contributed by atoms with Crippen molar-refractivity contribution in [3.8, 4) is 11.5 Å². The Morgan fingerprint density at radius 3 is 2.63 bits per heavy atom. The maximum Gasteiger partial charge on any atom is 0.225 e. The van der Waals surface area contributed by atoms with Crippen LogP contribution in [0.1, 0.15) is 25.0 Å². The Balaban J connectivity index is 2.72. The van der Waals surface area contributed by atoms with E-state index in [9.17, 15) is 9.90 Å². The molecule has 0 spiro atoms. The van der Waals surface area contributed by atoms with Gasteiger partial charge in [-0.15, -0.1) is 0 Å². The second kappa shape index (κ2) is 6.99. The van der Waals surface area contributed by atoms with Gasteiger partial charge in [-0.3, -0.25) is 4.79 Å². The van der Waals surface area contributed by atoms with Crippen LogP contribution in [0.4, 0.5) is 0 Å². The van der Waals surface area contributed by atoms with Crippen molar-refractivity contribution in [2.45, 2.75) is 19.4 Å². The number of hydrogen-bond donors (Lipinski definition) is 1. The van der Waals surface area contributed by atoms with Crippen molar-refractivity contribution in [1.29, 1.82) is 0 Å². The molecule has 0 aliphatic rings. The Hall–Kier alpha value is -1.75. The highest BCUT2D eigenvalue weighted by atomic mass is 16.5. The highest BCUT2D eigenvalue weighted by molar-refractivity contribution is 5.75. The van der Waals surface area contributed by atoms with Crippen LogP contribution in [-0.4, -0.2) is 43.7 Å². The van der Waals surface area contributed by atoms with E-state index in [2.05, 4.69) is 0 Å². The van der Waals surface area contributed by atoms with E-state index < -0.39 is 6.10 Å². The molecule has 1 rings (SSSR count). The molecule has 0 saturated carbocycles. The molecule has 0 aliphatic heterocycles. The zero-order chi connectivity index (χ0) is 14.4. The number of benzene rings is 1. The molecule has 19 heavy (non-hydrogen) atoms. The minimum Gasteiger partial charge on any atom is -0.497 e. The second-order valence-corrected chi connectivity index (χ2v) is 4.47. The highest BCUT2D eigenvalue weighted by Gasteiger charge is 2.11. The van der Waals surface area contributed by atoms with E-state index in [1.807, 2.05) is 0 Å². The van der Waals surface area contributed by atoms with Crippen molar-refractivity contribution in [2.24, 2.45) is 0 Å². The number of carbonyl (C=O) groups excluding carboxylic acids is 1. The molecule has 1 aromatic rings. The Labute approximate surface area is 113 Å². The smallest absolute Gasteiger partial charge is 0.225 e. The first-order chi connectivity index (χ1) is 8.95. The topological polar surface area (TPSA) is 59.0 Å². The van der Waals surface area contributed by atoms with E-state index in [4.69, 9.17) is 9.47 Å². The number of aliphatic hydroxyl groups excluding tert-OH is 1. The first-order valence-corrected chi connectivity index (χ1v) is 6.14. The summed E-state index contributed by atoms with van der Waals surface area (Å²) in [4.78, 5) is 13.0. The number of amides is 1. The van der Waals surface area contributed by atoms with Crippen LogP contribution in [0.25, 0.3) is 0 Å². The molecule has 0 aromatic heterocycles. The van der Waals surface area contributed by atoms with Gasteiger partial charge in [0.25, 0.3) is 0 Å². The van der Waals surface area contributed by atoms with Crippen LogP contribution in [-0.2, 0) is 4.79 Å². The zero-order valence-corrected chi connectivity index (χ0v) is 11.8. The number of aliphatic hydroxyl groups is 1. The molecule has 0 radical (unpaired) electrons. The molecular formula is C14H21NO4. The lowest BCUT2D eigenvalue weighted by molar-refractivity contribution is -0.129. The average molecular weight is 267 g/mol. The lowest BCUT2D eigenvalue weighted by Crippen LogP contribution is -2.23. The molecule has 1 N–H and O–H groups in total.